The van der Waals surface area contributed by atoms with Gasteiger partial charge in [-0.2, -0.15) is 0 Å². The maximum atomic E-state index is 6.15. The minimum Gasteiger partial charge on any atom is -0.475 e. The van der Waals surface area contributed by atoms with Crippen LogP contribution < -0.4 is 0 Å². The van der Waals surface area contributed by atoms with Gasteiger partial charge in [0, 0.05) is 13.2 Å². The topological polar surface area (TPSA) is 36.9 Å². The van der Waals surface area contributed by atoms with E-state index in [9.17, 15) is 0 Å². The summed E-state index contributed by atoms with van der Waals surface area (Å²) in [7, 11) is 0. The Bertz CT molecular complexity index is 466. The molecule has 0 radical (unpaired) electrons. The zero-order chi connectivity index (χ0) is 29.7. The van der Waals surface area contributed by atoms with Crippen LogP contribution in [0.4, 0.5) is 0 Å². The zero-order valence-electron chi connectivity index (χ0n) is 28.3. The van der Waals surface area contributed by atoms with E-state index in [4.69, 9.17) is 18.9 Å². The van der Waals surface area contributed by atoms with Crippen molar-refractivity contribution in [1.82, 2.24) is 0 Å². The average Bonchev–Trinajstić information content (AvgIpc) is 2.98. The SMILES string of the molecule is CCCCCCCCCCOCOC=CCCCCCCCCCC(OCCCCCCC)OCCCCCCC. The molecule has 0 aromatic rings. The third-order valence-electron chi connectivity index (χ3n) is 7.90. The lowest BCUT2D eigenvalue weighted by molar-refractivity contribution is -0.148. The average molecular weight is 583 g/mol. The fraction of sp³-hybridized carbons (Fsp3) is 0.946. The molecule has 0 aromatic carbocycles. The molecule has 0 atom stereocenters. The van der Waals surface area contributed by atoms with Crippen LogP contribution in [0, 0.1) is 0 Å². The Kier molecular flexibility index (Phi) is 36.9. The van der Waals surface area contributed by atoms with Gasteiger partial charge < -0.3 is 18.9 Å². The van der Waals surface area contributed by atoms with Crippen LogP contribution in [0.3, 0.4) is 0 Å². The van der Waals surface area contributed by atoms with Crippen molar-refractivity contribution < 1.29 is 18.9 Å². The number of allylic oxidation sites excluding steroid dienone is 1. The molecule has 0 aliphatic rings. The Balaban J connectivity index is 3.58. The van der Waals surface area contributed by atoms with E-state index >= 15 is 0 Å². The van der Waals surface area contributed by atoms with E-state index in [0.717, 1.165) is 39.1 Å². The van der Waals surface area contributed by atoms with Crippen LogP contribution in [0.1, 0.15) is 194 Å². The molecule has 0 unspecified atom stereocenters. The molecule has 0 aliphatic heterocycles. The maximum Gasteiger partial charge on any atom is 0.188 e. The second-order valence-corrected chi connectivity index (χ2v) is 12.1. The molecule has 41 heavy (non-hydrogen) atoms. The van der Waals surface area contributed by atoms with Gasteiger partial charge >= 0.3 is 0 Å². The van der Waals surface area contributed by atoms with Crippen LogP contribution >= 0.6 is 0 Å². The molecular formula is C37H74O4. The first-order chi connectivity index (χ1) is 20.3. The fourth-order valence-corrected chi connectivity index (χ4v) is 5.13. The summed E-state index contributed by atoms with van der Waals surface area (Å²) in [6, 6.07) is 0. The first-order valence-electron chi connectivity index (χ1n) is 18.4. The van der Waals surface area contributed by atoms with Crippen molar-refractivity contribution in [3.05, 3.63) is 12.3 Å². The van der Waals surface area contributed by atoms with Gasteiger partial charge in [0.05, 0.1) is 12.9 Å². The van der Waals surface area contributed by atoms with Crippen molar-refractivity contribution in [3.63, 3.8) is 0 Å². The smallest absolute Gasteiger partial charge is 0.188 e. The summed E-state index contributed by atoms with van der Waals surface area (Å²) in [5, 5.41) is 0. The van der Waals surface area contributed by atoms with E-state index in [1.165, 1.54) is 154 Å². The molecule has 0 saturated carbocycles. The highest BCUT2D eigenvalue weighted by molar-refractivity contribution is 4.72. The van der Waals surface area contributed by atoms with E-state index in [1.54, 1.807) is 0 Å². The second kappa shape index (κ2) is 37.4. The lowest BCUT2D eigenvalue weighted by Crippen LogP contribution is -2.19. The summed E-state index contributed by atoms with van der Waals surface area (Å²) in [5.41, 5.74) is 0. The molecule has 4 heteroatoms. The standard InChI is InChI=1S/C37H74O4/c1-4-7-10-13-14-19-24-27-32-38-36-39-33-28-25-20-17-15-16-18-21-26-31-37(40-34-29-22-11-8-5-2)41-35-30-23-12-9-6-3/h28,33,37H,4-27,29-32,34-36H2,1-3H3. The Morgan fingerprint density at radius 3 is 1.37 bits per heavy atom. The molecule has 0 amide bonds. The van der Waals surface area contributed by atoms with Gasteiger partial charge in [0.1, 0.15) is 0 Å². The monoisotopic (exact) mass is 583 g/mol. The molecule has 0 aliphatic carbocycles. The Morgan fingerprint density at radius 2 is 0.854 bits per heavy atom. The third kappa shape index (κ3) is 35.5. The Hall–Kier alpha value is -0.580. The van der Waals surface area contributed by atoms with Crippen molar-refractivity contribution >= 4 is 0 Å². The van der Waals surface area contributed by atoms with Crippen molar-refractivity contribution in [3.8, 4) is 0 Å². The number of unbranched alkanes of at least 4 members (excludes halogenated alkanes) is 22. The molecule has 4 nitrogen and oxygen atoms in total. The number of ether oxygens (including phenoxy) is 4. The molecule has 0 rings (SSSR count). The number of hydrogen-bond acceptors (Lipinski definition) is 4. The van der Waals surface area contributed by atoms with Gasteiger partial charge in [-0.1, -0.05) is 149 Å². The highest BCUT2D eigenvalue weighted by Crippen LogP contribution is 2.15. The summed E-state index contributed by atoms with van der Waals surface area (Å²) in [6.07, 6.45) is 38.8. The molecule has 0 N–H and O–H groups in total. The quantitative estimate of drug-likeness (QED) is 0.0418. The van der Waals surface area contributed by atoms with E-state index in [2.05, 4.69) is 26.8 Å². The minimum absolute atomic E-state index is 0.0110. The first kappa shape index (κ1) is 40.4. The van der Waals surface area contributed by atoms with Gasteiger partial charge in [0.2, 0.25) is 0 Å². The van der Waals surface area contributed by atoms with Gasteiger partial charge in [-0.15, -0.1) is 0 Å². The predicted molar refractivity (Wildman–Crippen MR) is 178 cm³/mol. The van der Waals surface area contributed by atoms with Gasteiger partial charge in [-0.25, -0.2) is 0 Å². The van der Waals surface area contributed by atoms with Crippen LogP contribution in [0.2, 0.25) is 0 Å². The van der Waals surface area contributed by atoms with Crippen LogP contribution in [-0.4, -0.2) is 32.9 Å². The predicted octanol–water partition coefficient (Wildman–Crippen LogP) is 12.4. The lowest BCUT2D eigenvalue weighted by atomic mass is 10.1. The van der Waals surface area contributed by atoms with Crippen molar-refractivity contribution in [2.45, 2.75) is 200 Å². The van der Waals surface area contributed by atoms with Crippen molar-refractivity contribution in [2.75, 3.05) is 26.6 Å². The summed E-state index contributed by atoms with van der Waals surface area (Å²) >= 11 is 0. The molecule has 0 spiro atoms. The van der Waals surface area contributed by atoms with Gasteiger partial charge in [0.15, 0.2) is 13.1 Å². The zero-order valence-corrected chi connectivity index (χ0v) is 28.3. The second-order valence-electron chi connectivity index (χ2n) is 12.1. The number of hydrogen-bond donors (Lipinski definition) is 0. The Morgan fingerprint density at radius 1 is 0.439 bits per heavy atom. The first-order valence-corrected chi connectivity index (χ1v) is 18.4. The van der Waals surface area contributed by atoms with E-state index in [-0.39, 0.29) is 6.29 Å². The molecular weight excluding hydrogens is 508 g/mol. The molecule has 246 valence electrons. The molecule has 0 aromatic heterocycles. The molecule has 0 heterocycles. The maximum absolute atomic E-state index is 6.15. The van der Waals surface area contributed by atoms with Gasteiger partial charge in [-0.05, 0) is 51.0 Å². The number of rotatable bonds is 36. The summed E-state index contributed by atoms with van der Waals surface area (Å²) in [5.74, 6) is 0. The Labute approximate surface area is 258 Å². The van der Waals surface area contributed by atoms with Gasteiger partial charge in [0.25, 0.3) is 0 Å². The van der Waals surface area contributed by atoms with E-state index in [0.29, 0.717) is 6.79 Å². The summed E-state index contributed by atoms with van der Waals surface area (Å²) < 4.78 is 23.3. The highest BCUT2D eigenvalue weighted by atomic mass is 16.7. The normalized spacial score (nSPS) is 11.8. The molecule has 0 fully saturated rings. The fourth-order valence-electron chi connectivity index (χ4n) is 5.13. The van der Waals surface area contributed by atoms with E-state index in [1.807, 2.05) is 6.26 Å². The van der Waals surface area contributed by atoms with Crippen LogP contribution in [0.15, 0.2) is 12.3 Å². The van der Waals surface area contributed by atoms with Crippen molar-refractivity contribution in [1.29, 1.82) is 0 Å². The van der Waals surface area contributed by atoms with E-state index < -0.39 is 0 Å². The summed E-state index contributed by atoms with van der Waals surface area (Å²) in [4.78, 5) is 0. The largest absolute Gasteiger partial charge is 0.475 e. The molecule has 0 bridgehead atoms. The van der Waals surface area contributed by atoms with Crippen molar-refractivity contribution in [2.24, 2.45) is 0 Å². The molecule has 0 saturated heterocycles. The van der Waals surface area contributed by atoms with Crippen LogP contribution in [0.5, 0.6) is 0 Å². The van der Waals surface area contributed by atoms with Crippen LogP contribution in [0.25, 0.3) is 0 Å². The summed E-state index contributed by atoms with van der Waals surface area (Å²) in [6.45, 7) is 9.74. The van der Waals surface area contributed by atoms with Crippen LogP contribution in [-0.2, 0) is 18.9 Å². The minimum atomic E-state index is 0.0110. The van der Waals surface area contributed by atoms with Gasteiger partial charge in [-0.3, -0.25) is 0 Å². The lowest BCUT2D eigenvalue weighted by Gasteiger charge is -2.19. The highest BCUT2D eigenvalue weighted by Gasteiger charge is 2.09. The third-order valence-corrected chi connectivity index (χ3v) is 7.90.